The van der Waals surface area contributed by atoms with Crippen LogP contribution in [0.15, 0.2) is 30.6 Å². The van der Waals surface area contributed by atoms with Crippen LogP contribution in [0.25, 0.3) is 0 Å². The third kappa shape index (κ3) is 12.1. The van der Waals surface area contributed by atoms with Crippen LogP contribution in [0.5, 0.6) is 0 Å². The maximum Gasteiger partial charge on any atom is 0.354 e. The lowest BCUT2D eigenvalue weighted by Gasteiger charge is -2.11. The van der Waals surface area contributed by atoms with E-state index >= 15 is 0 Å². The molecule has 0 fully saturated rings. The van der Waals surface area contributed by atoms with Crippen molar-refractivity contribution in [1.29, 1.82) is 0 Å². The second kappa shape index (κ2) is 18.4. The lowest BCUT2D eigenvalue weighted by Crippen LogP contribution is -2.30. The smallest absolute Gasteiger partial charge is 0.354 e. The van der Waals surface area contributed by atoms with Crippen molar-refractivity contribution < 1.29 is 14.6 Å². The number of nitrogens with one attached hydrogen (secondary N) is 3. The minimum absolute atomic E-state index is 0.0665. The van der Waals surface area contributed by atoms with Crippen molar-refractivity contribution in [2.45, 2.75) is 96.8 Å². The summed E-state index contributed by atoms with van der Waals surface area (Å²) in [6.45, 7) is 2.78. The lowest BCUT2D eigenvalue weighted by molar-refractivity contribution is -0.384. The Morgan fingerprint density at radius 3 is 1.77 bits per heavy atom. The number of carbonyl (C=O) groups excluding carboxylic acids is 1. The molecule has 39 heavy (non-hydrogen) atoms. The molecule has 0 saturated carbocycles. The van der Waals surface area contributed by atoms with Gasteiger partial charge in [-0.3, -0.25) is 35.9 Å². The number of hydrogen-bond acceptors (Lipinski definition) is 9. The number of hydrazine groups is 1. The zero-order valence-electron chi connectivity index (χ0n) is 22.8. The highest BCUT2D eigenvalue weighted by molar-refractivity contribution is 5.95. The Hall–Kier alpha value is -3.83. The first-order chi connectivity index (χ1) is 18.9. The Morgan fingerprint density at radius 1 is 0.744 bits per heavy atom. The number of non-ortho nitro benzene ring substituents is 1. The maximum absolute atomic E-state index is 12.3. The molecule has 0 bridgehead atoms. The molecule has 1 aromatic heterocycles. The third-order valence-electron chi connectivity index (χ3n) is 6.46. The molecule has 0 spiro atoms. The number of anilines is 2. The summed E-state index contributed by atoms with van der Waals surface area (Å²) >= 11 is 0. The molecule has 12 heteroatoms. The van der Waals surface area contributed by atoms with Crippen molar-refractivity contribution in [3.8, 4) is 0 Å². The number of benzene rings is 1. The van der Waals surface area contributed by atoms with E-state index in [0.29, 0.717) is 6.54 Å². The van der Waals surface area contributed by atoms with Crippen LogP contribution in [-0.2, 0) is 0 Å². The molecule has 0 atom stereocenters. The van der Waals surface area contributed by atoms with E-state index in [2.05, 4.69) is 33.1 Å². The maximum atomic E-state index is 12.3. The summed E-state index contributed by atoms with van der Waals surface area (Å²) in [5, 5.41) is 25.5. The molecule has 12 nitrogen and oxygen atoms in total. The first-order valence-corrected chi connectivity index (χ1v) is 14.0. The number of carbonyl (C=O) groups is 1. The minimum Gasteiger partial charge on any atom is -0.364 e. The summed E-state index contributed by atoms with van der Waals surface area (Å²) in [6.07, 6.45) is 18.7. The van der Waals surface area contributed by atoms with Crippen LogP contribution in [0.3, 0.4) is 0 Å². The molecule has 0 saturated heterocycles. The number of rotatable bonds is 21. The highest BCUT2D eigenvalue weighted by atomic mass is 16.6. The molecule has 0 aliphatic carbocycles. The van der Waals surface area contributed by atoms with Gasteiger partial charge >= 0.3 is 5.69 Å². The SMILES string of the molecule is CCCCCCCCCCCCCCCCNc1ncnc(NNC(=O)c2ccc([N+](=O)[O-])cc2)c1[N+](=O)[O-]. The fraction of sp³-hybridized carbons (Fsp3) is 0.593. The zero-order valence-corrected chi connectivity index (χ0v) is 22.8. The number of nitrogens with zero attached hydrogens (tertiary/aromatic N) is 4. The summed E-state index contributed by atoms with van der Waals surface area (Å²) in [5.41, 5.74) is 4.39. The molecular weight excluding hydrogens is 502 g/mol. The van der Waals surface area contributed by atoms with Crippen LogP contribution >= 0.6 is 0 Å². The van der Waals surface area contributed by atoms with Gasteiger partial charge in [0.15, 0.2) is 0 Å². The summed E-state index contributed by atoms with van der Waals surface area (Å²) < 4.78 is 0. The Morgan fingerprint density at radius 2 is 1.26 bits per heavy atom. The van der Waals surface area contributed by atoms with Crippen LogP contribution in [0.1, 0.15) is 107 Å². The normalized spacial score (nSPS) is 10.7. The van der Waals surface area contributed by atoms with Crippen molar-refractivity contribution in [2.24, 2.45) is 0 Å². The largest absolute Gasteiger partial charge is 0.364 e. The quantitative estimate of drug-likeness (QED) is 0.0858. The fourth-order valence-electron chi connectivity index (χ4n) is 4.22. The molecule has 1 amide bonds. The van der Waals surface area contributed by atoms with Gasteiger partial charge in [0.1, 0.15) is 6.33 Å². The van der Waals surface area contributed by atoms with Crippen molar-refractivity contribution in [3.63, 3.8) is 0 Å². The number of amides is 1. The Kier molecular flexibility index (Phi) is 14.8. The summed E-state index contributed by atoms with van der Waals surface area (Å²) in [5.74, 6) is -0.736. The van der Waals surface area contributed by atoms with E-state index in [9.17, 15) is 25.0 Å². The van der Waals surface area contributed by atoms with Gasteiger partial charge in [-0.2, -0.15) is 0 Å². The molecule has 0 aliphatic heterocycles. The molecule has 1 aromatic carbocycles. The van der Waals surface area contributed by atoms with Gasteiger partial charge in [-0.1, -0.05) is 90.4 Å². The Bertz CT molecular complexity index is 1030. The highest BCUT2D eigenvalue weighted by Gasteiger charge is 2.23. The zero-order chi connectivity index (χ0) is 28.3. The molecular formula is C27H41N7O5. The van der Waals surface area contributed by atoms with Crippen molar-refractivity contribution in [2.75, 3.05) is 17.3 Å². The van der Waals surface area contributed by atoms with Crippen LogP contribution in [0.4, 0.5) is 23.0 Å². The number of nitro benzene ring substituents is 1. The van der Waals surface area contributed by atoms with Crippen LogP contribution < -0.4 is 16.2 Å². The average molecular weight is 544 g/mol. The highest BCUT2D eigenvalue weighted by Crippen LogP contribution is 2.28. The third-order valence-corrected chi connectivity index (χ3v) is 6.46. The van der Waals surface area contributed by atoms with Crippen molar-refractivity contribution in [3.05, 3.63) is 56.4 Å². The van der Waals surface area contributed by atoms with Crippen molar-refractivity contribution >= 4 is 28.9 Å². The predicted octanol–water partition coefficient (Wildman–Crippen LogP) is 6.94. The molecule has 0 aliphatic rings. The van der Waals surface area contributed by atoms with Crippen molar-refractivity contribution in [1.82, 2.24) is 15.4 Å². The van der Waals surface area contributed by atoms with E-state index in [1.807, 2.05) is 0 Å². The monoisotopic (exact) mass is 543 g/mol. The topological polar surface area (TPSA) is 165 Å². The molecule has 0 unspecified atom stereocenters. The first kappa shape index (κ1) is 31.4. The molecule has 214 valence electrons. The number of hydrogen-bond donors (Lipinski definition) is 3. The summed E-state index contributed by atoms with van der Waals surface area (Å²) in [6, 6.07) is 4.96. The van der Waals surface area contributed by atoms with Crippen LogP contribution in [0.2, 0.25) is 0 Å². The van der Waals surface area contributed by atoms with Crippen LogP contribution in [0, 0.1) is 20.2 Å². The second-order valence-electron chi connectivity index (χ2n) is 9.58. The number of unbranched alkanes of at least 4 members (excludes halogenated alkanes) is 13. The van der Waals surface area contributed by atoms with Gasteiger partial charge in [0.05, 0.1) is 9.85 Å². The van der Waals surface area contributed by atoms with Gasteiger partial charge in [-0.05, 0) is 18.6 Å². The molecule has 0 radical (unpaired) electrons. The Balaban J connectivity index is 1.67. The first-order valence-electron chi connectivity index (χ1n) is 14.0. The van der Waals surface area contributed by atoms with E-state index in [4.69, 9.17) is 0 Å². The molecule has 1 heterocycles. The van der Waals surface area contributed by atoms with E-state index in [0.717, 1.165) is 19.3 Å². The van der Waals surface area contributed by atoms with Gasteiger partial charge in [-0.15, -0.1) is 0 Å². The molecule has 2 rings (SSSR count). The average Bonchev–Trinajstić information content (AvgIpc) is 2.93. The fourth-order valence-corrected chi connectivity index (χ4v) is 4.22. The van der Waals surface area contributed by atoms with E-state index in [-0.39, 0.29) is 28.6 Å². The van der Waals surface area contributed by atoms with Crippen LogP contribution in [-0.4, -0.2) is 32.3 Å². The minimum atomic E-state index is -0.630. The second-order valence-corrected chi connectivity index (χ2v) is 9.58. The van der Waals surface area contributed by atoms with E-state index in [1.54, 1.807) is 0 Å². The lowest BCUT2D eigenvalue weighted by atomic mass is 10.0. The summed E-state index contributed by atoms with van der Waals surface area (Å²) in [4.78, 5) is 41.5. The molecule has 3 N–H and O–H groups in total. The van der Waals surface area contributed by atoms with E-state index in [1.165, 1.54) is 101 Å². The number of aromatic nitrogens is 2. The Labute approximate surface area is 229 Å². The predicted molar refractivity (Wildman–Crippen MR) is 152 cm³/mol. The van der Waals surface area contributed by atoms with Gasteiger partial charge < -0.3 is 5.32 Å². The molecule has 2 aromatic rings. The van der Waals surface area contributed by atoms with Gasteiger partial charge in [0.25, 0.3) is 11.6 Å². The summed E-state index contributed by atoms with van der Waals surface area (Å²) in [7, 11) is 0. The van der Waals surface area contributed by atoms with E-state index < -0.39 is 15.8 Å². The van der Waals surface area contributed by atoms with Gasteiger partial charge in [0, 0.05) is 24.2 Å². The van der Waals surface area contributed by atoms with Gasteiger partial charge in [0.2, 0.25) is 11.6 Å². The number of nitro groups is 2. The van der Waals surface area contributed by atoms with Gasteiger partial charge in [-0.25, -0.2) is 9.97 Å². The standard InChI is InChI=1S/C27H41N7O5/c1-2-3-4-5-6-7-8-9-10-11-12-13-14-15-20-28-25-24(34(38)39)26(30-21-29-25)31-32-27(35)22-16-18-23(19-17-22)33(36)37/h16-19,21H,2-15,20H2,1H3,(H,32,35)(H2,28,29,30,31).